The van der Waals surface area contributed by atoms with Crippen molar-refractivity contribution >= 4 is 34.2 Å². The van der Waals surface area contributed by atoms with Crippen LogP contribution in [-0.4, -0.2) is 26.9 Å². The Bertz CT molecular complexity index is 909. The van der Waals surface area contributed by atoms with Crippen LogP contribution in [-0.2, 0) is 28.7 Å². The molecule has 144 valence electrons. The van der Waals surface area contributed by atoms with E-state index in [0.717, 1.165) is 34.4 Å². The van der Waals surface area contributed by atoms with Crippen molar-refractivity contribution in [3.05, 3.63) is 46.7 Å². The second kappa shape index (κ2) is 7.70. The lowest BCUT2D eigenvalue weighted by Gasteiger charge is -2.26. The first-order valence-corrected chi connectivity index (χ1v) is 10.4. The van der Waals surface area contributed by atoms with Crippen molar-refractivity contribution in [1.82, 2.24) is 9.71 Å². The molecule has 5 nitrogen and oxygen atoms in total. The second-order valence-corrected chi connectivity index (χ2v) is 10.1. The number of hydrogen-bond donors (Lipinski definition) is 1. The number of hydrogen-bond acceptors (Lipinski definition) is 3. The lowest BCUT2D eigenvalue weighted by atomic mass is 9.96. The summed E-state index contributed by atoms with van der Waals surface area (Å²) >= 11 is 6.63. The third-order valence-electron chi connectivity index (χ3n) is 4.64. The Labute approximate surface area is 167 Å². The highest BCUT2D eigenvalue weighted by Gasteiger charge is 2.22. The van der Waals surface area contributed by atoms with Crippen molar-refractivity contribution in [2.75, 3.05) is 11.9 Å². The number of nitrogens with zero attached hydrogens (tertiary/aromatic N) is 2. The number of pyridine rings is 1. The molecule has 0 radical (unpaired) electrons. The molecule has 1 aliphatic rings. The van der Waals surface area contributed by atoms with Gasteiger partial charge in [-0.3, -0.25) is 9.78 Å². The standard InChI is InChI=1S/C20H24ClN3O2S/c1-20(2,3)27(26)23-11-15-10-22-12-16(19(15)21)13-5-7-17-14(9-13)6-8-18(25)24(17)4/h5,7,9-10,12,23H,6,8,11H2,1-4H3/t27-/m0/s1. The zero-order valence-electron chi connectivity index (χ0n) is 16.0. The Balaban J connectivity index is 1.88. The number of aromatic nitrogens is 1. The number of amides is 1. The third kappa shape index (κ3) is 4.23. The molecule has 1 aromatic carbocycles. The zero-order valence-corrected chi connectivity index (χ0v) is 17.6. The van der Waals surface area contributed by atoms with Gasteiger partial charge in [0.1, 0.15) is 0 Å². The van der Waals surface area contributed by atoms with Crippen molar-refractivity contribution in [2.24, 2.45) is 0 Å². The number of fused-ring (bicyclic) bond motifs is 1. The number of halogens is 1. The highest BCUT2D eigenvalue weighted by Crippen LogP contribution is 2.35. The van der Waals surface area contributed by atoms with Crippen LogP contribution >= 0.6 is 11.6 Å². The van der Waals surface area contributed by atoms with Gasteiger partial charge in [-0.25, -0.2) is 8.93 Å². The van der Waals surface area contributed by atoms with E-state index in [0.29, 0.717) is 18.0 Å². The molecular weight excluding hydrogens is 382 g/mol. The molecule has 0 bridgehead atoms. The summed E-state index contributed by atoms with van der Waals surface area (Å²) in [5.41, 5.74) is 4.67. The van der Waals surface area contributed by atoms with E-state index in [4.69, 9.17) is 11.6 Å². The van der Waals surface area contributed by atoms with Crippen LogP contribution in [0.3, 0.4) is 0 Å². The van der Waals surface area contributed by atoms with Gasteiger partial charge >= 0.3 is 0 Å². The molecule has 0 aliphatic carbocycles. The van der Waals surface area contributed by atoms with E-state index in [-0.39, 0.29) is 10.7 Å². The molecule has 1 amide bonds. The Morgan fingerprint density at radius 2 is 2.00 bits per heavy atom. The predicted octanol–water partition coefficient (Wildman–Crippen LogP) is 3.86. The first kappa shape index (κ1) is 20.0. The molecular formula is C20H24ClN3O2S. The average molecular weight is 406 g/mol. The molecule has 0 spiro atoms. The van der Waals surface area contributed by atoms with Crippen LogP contribution in [0.1, 0.15) is 38.3 Å². The lowest BCUT2D eigenvalue weighted by Crippen LogP contribution is -2.33. The van der Waals surface area contributed by atoms with E-state index in [9.17, 15) is 9.00 Å². The van der Waals surface area contributed by atoms with Crippen LogP contribution < -0.4 is 9.62 Å². The Morgan fingerprint density at radius 1 is 1.26 bits per heavy atom. The smallest absolute Gasteiger partial charge is 0.227 e. The van der Waals surface area contributed by atoms with Gasteiger partial charge in [0.25, 0.3) is 0 Å². The quantitative estimate of drug-likeness (QED) is 0.839. The van der Waals surface area contributed by atoms with Crippen LogP contribution in [0.15, 0.2) is 30.6 Å². The predicted molar refractivity (Wildman–Crippen MR) is 111 cm³/mol. The Kier molecular flexibility index (Phi) is 5.70. The van der Waals surface area contributed by atoms with E-state index in [1.807, 2.05) is 32.9 Å². The van der Waals surface area contributed by atoms with Crippen LogP contribution in [0.4, 0.5) is 5.69 Å². The minimum absolute atomic E-state index is 0.134. The number of benzene rings is 1. The van der Waals surface area contributed by atoms with Crippen molar-refractivity contribution in [1.29, 1.82) is 0 Å². The number of carbonyl (C=O) groups is 1. The molecule has 0 saturated heterocycles. The van der Waals surface area contributed by atoms with Gasteiger partial charge in [-0.15, -0.1) is 0 Å². The summed E-state index contributed by atoms with van der Waals surface area (Å²) in [5, 5.41) is 0.601. The minimum Gasteiger partial charge on any atom is -0.315 e. The maximum atomic E-state index is 12.2. The topological polar surface area (TPSA) is 62.3 Å². The monoisotopic (exact) mass is 405 g/mol. The van der Waals surface area contributed by atoms with E-state index in [2.05, 4.69) is 15.8 Å². The van der Waals surface area contributed by atoms with Gasteiger partial charge in [-0.1, -0.05) is 17.7 Å². The zero-order chi connectivity index (χ0) is 19.8. The van der Waals surface area contributed by atoms with Crippen LogP contribution in [0.2, 0.25) is 5.02 Å². The molecule has 0 fully saturated rings. The molecule has 1 aliphatic heterocycles. The molecule has 2 aromatic rings. The van der Waals surface area contributed by atoms with Crippen molar-refractivity contribution in [3.63, 3.8) is 0 Å². The molecule has 27 heavy (non-hydrogen) atoms. The van der Waals surface area contributed by atoms with Crippen LogP contribution in [0.5, 0.6) is 0 Å². The van der Waals surface area contributed by atoms with Crippen LogP contribution in [0.25, 0.3) is 11.1 Å². The molecule has 1 atom stereocenters. The van der Waals surface area contributed by atoms with Crippen LogP contribution in [0, 0.1) is 0 Å². The molecule has 0 unspecified atom stereocenters. The summed E-state index contributed by atoms with van der Waals surface area (Å²) in [5.74, 6) is 0.134. The lowest BCUT2D eigenvalue weighted by molar-refractivity contribution is -0.118. The molecule has 3 rings (SSSR count). The average Bonchev–Trinajstić information content (AvgIpc) is 2.62. The summed E-state index contributed by atoms with van der Waals surface area (Å²) in [7, 11) is 0.621. The number of rotatable bonds is 4. The van der Waals surface area contributed by atoms with Gasteiger partial charge in [-0.2, -0.15) is 0 Å². The maximum Gasteiger partial charge on any atom is 0.227 e. The summed E-state index contributed by atoms with van der Waals surface area (Å²) < 4.78 is 14.9. The third-order valence-corrected chi connectivity index (χ3v) is 6.60. The normalized spacial score (nSPS) is 15.6. The highest BCUT2D eigenvalue weighted by molar-refractivity contribution is 7.84. The SMILES string of the molecule is CN1C(=O)CCc2cc(-c3cncc(CN[S@@](=O)C(C)(C)C)c3Cl)ccc21. The van der Waals surface area contributed by atoms with Crippen molar-refractivity contribution < 1.29 is 9.00 Å². The Morgan fingerprint density at radius 3 is 2.70 bits per heavy atom. The molecule has 0 saturated carbocycles. The number of carbonyl (C=O) groups excluding carboxylic acids is 1. The maximum absolute atomic E-state index is 12.2. The molecule has 2 heterocycles. The summed E-state index contributed by atoms with van der Waals surface area (Å²) in [6, 6.07) is 5.99. The first-order valence-electron chi connectivity index (χ1n) is 8.86. The summed E-state index contributed by atoms with van der Waals surface area (Å²) in [4.78, 5) is 17.9. The second-order valence-electron chi connectivity index (χ2n) is 7.66. The first-order chi connectivity index (χ1) is 12.7. The van der Waals surface area contributed by atoms with Gasteiger partial charge < -0.3 is 4.90 Å². The van der Waals surface area contributed by atoms with Gasteiger partial charge in [0.2, 0.25) is 5.91 Å². The summed E-state index contributed by atoms with van der Waals surface area (Å²) in [6.45, 7) is 6.13. The molecule has 1 N–H and O–H groups in total. The van der Waals surface area contributed by atoms with Gasteiger partial charge in [0, 0.05) is 49.2 Å². The molecule has 7 heteroatoms. The van der Waals surface area contributed by atoms with E-state index in [1.54, 1.807) is 24.3 Å². The van der Waals surface area contributed by atoms with E-state index < -0.39 is 11.0 Å². The Hall–Kier alpha value is -1.76. The van der Waals surface area contributed by atoms with Gasteiger partial charge in [0.15, 0.2) is 0 Å². The number of aryl methyl sites for hydroxylation is 1. The minimum atomic E-state index is -1.18. The van der Waals surface area contributed by atoms with Crippen molar-refractivity contribution in [2.45, 2.75) is 44.9 Å². The fourth-order valence-electron chi connectivity index (χ4n) is 3.00. The van der Waals surface area contributed by atoms with Crippen molar-refractivity contribution in [3.8, 4) is 11.1 Å². The van der Waals surface area contributed by atoms with E-state index >= 15 is 0 Å². The number of anilines is 1. The molecule has 1 aromatic heterocycles. The largest absolute Gasteiger partial charge is 0.315 e. The highest BCUT2D eigenvalue weighted by atomic mass is 35.5. The fourth-order valence-corrected chi connectivity index (χ4v) is 3.99. The summed E-state index contributed by atoms with van der Waals surface area (Å²) in [6.07, 6.45) is 4.68. The van der Waals surface area contributed by atoms with Gasteiger partial charge in [0.05, 0.1) is 20.8 Å². The van der Waals surface area contributed by atoms with Gasteiger partial charge in [-0.05, 0) is 50.5 Å². The number of nitrogens with one attached hydrogen (secondary N) is 1. The fraction of sp³-hybridized carbons (Fsp3) is 0.400. The van der Waals surface area contributed by atoms with E-state index in [1.165, 1.54) is 0 Å².